The Morgan fingerprint density at radius 2 is 2.06 bits per heavy atom. The molecule has 3 nitrogen and oxygen atoms in total. The van der Waals surface area contributed by atoms with Crippen LogP contribution in [-0.2, 0) is 10.3 Å². The van der Waals surface area contributed by atoms with E-state index in [0.29, 0.717) is 6.61 Å². The van der Waals surface area contributed by atoms with Crippen LogP contribution >= 0.6 is 0 Å². The lowest BCUT2D eigenvalue weighted by atomic mass is 9.92. The number of ether oxygens (including phenoxy) is 1. The van der Waals surface area contributed by atoms with Crippen molar-refractivity contribution < 1.29 is 4.74 Å². The van der Waals surface area contributed by atoms with Gasteiger partial charge in [0.1, 0.15) is 0 Å². The van der Waals surface area contributed by atoms with Crippen molar-refractivity contribution in [2.45, 2.75) is 12.5 Å². The Morgan fingerprint density at radius 1 is 1.39 bits per heavy atom. The SMILES string of the molecule is C=CCN(CCOC)CC(C)(N)c1ccccc1. The molecule has 1 unspecified atom stereocenters. The Kier molecular flexibility index (Phi) is 6.05. The van der Waals surface area contributed by atoms with E-state index in [1.165, 1.54) is 0 Å². The lowest BCUT2D eigenvalue weighted by Crippen LogP contribution is -2.46. The fourth-order valence-corrected chi connectivity index (χ4v) is 2.01. The van der Waals surface area contributed by atoms with Gasteiger partial charge in [-0.25, -0.2) is 0 Å². The fourth-order valence-electron chi connectivity index (χ4n) is 2.01. The lowest BCUT2D eigenvalue weighted by Gasteiger charge is -2.32. The molecule has 18 heavy (non-hydrogen) atoms. The average molecular weight is 248 g/mol. The molecule has 0 aromatic heterocycles. The third-order valence-corrected chi connectivity index (χ3v) is 2.98. The smallest absolute Gasteiger partial charge is 0.0589 e. The molecule has 1 rings (SSSR count). The summed E-state index contributed by atoms with van der Waals surface area (Å²) in [6.07, 6.45) is 1.90. The highest BCUT2D eigenvalue weighted by Crippen LogP contribution is 2.18. The maximum atomic E-state index is 6.42. The van der Waals surface area contributed by atoms with Crippen LogP contribution in [0, 0.1) is 0 Å². The Bertz CT molecular complexity index is 349. The first-order valence-electron chi connectivity index (χ1n) is 6.27. The maximum Gasteiger partial charge on any atom is 0.0589 e. The summed E-state index contributed by atoms with van der Waals surface area (Å²) < 4.78 is 5.12. The van der Waals surface area contributed by atoms with E-state index in [1.807, 2.05) is 24.3 Å². The summed E-state index contributed by atoms with van der Waals surface area (Å²) in [6.45, 7) is 9.03. The average Bonchev–Trinajstić information content (AvgIpc) is 2.37. The number of methoxy groups -OCH3 is 1. The lowest BCUT2D eigenvalue weighted by molar-refractivity contribution is 0.140. The molecule has 0 heterocycles. The van der Waals surface area contributed by atoms with Gasteiger partial charge in [-0.2, -0.15) is 0 Å². The molecule has 0 aliphatic heterocycles. The zero-order valence-electron chi connectivity index (χ0n) is 11.4. The number of nitrogens with zero attached hydrogens (tertiary/aromatic N) is 1. The monoisotopic (exact) mass is 248 g/mol. The standard InChI is InChI=1S/C15H24N2O/c1-4-10-17(11-12-18-3)13-15(2,16)14-8-6-5-7-9-14/h4-9H,1,10-13,16H2,2-3H3. The molecule has 0 bridgehead atoms. The summed E-state index contributed by atoms with van der Waals surface area (Å²) in [4.78, 5) is 2.25. The van der Waals surface area contributed by atoms with Crippen LogP contribution in [-0.4, -0.2) is 38.3 Å². The zero-order chi connectivity index (χ0) is 13.4. The van der Waals surface area contributed by atoms with Crippen LogP contribution in [0.4, 0.5) is 0 Å². The third kappa shape index (κ3) is 4.61. The number of hydrogen-bond donors (Lipinski definition) is 1. The number of rotatable bonds is 8. The first kappa shape index (κ1) is 14.9. The van der Waals surface area contributed by atoms with Crippen molar-refractivity contribution in [3.63, 3.8) is 0 Å². The van der Waals surface area contributed by atoms with Crippen molar-refractivity contribution in [3.8, 4) is 0 Å². The normalized spacial score (nSPS) is 14.4. The van der Waals surface area contributed by atoms with Crippen LogP contribution in [0.2, 0.25) is 0 Å². The van der Waals surface area contributed by atoms with Crippen molar-refractivity contribution in [2.24, 2.45) is 5.73 Å². The predicted molar refractivity (Wildman–Crippen MR) is 76.5 cm³/mol. The van der Waals surface area contributed by atoms with Crippen molar-refractivity contribution in [2.75, 3.05) is 33.4 Å². The van der Waals surface area contributed by atoms with Crippen LogP contribution < -0.4 is 5.73 Å². The molecule has 0 spiro atoms. The molecule has 0 aliphatic carbocycles. The molecule has 2 N–H and O–H groups in total. The molecule has 0 saturated carbocycles. The van der Waals surface area contributed by atoms with Gasteiger partial charge >= 0.3 is 0 Å². The highest BCUT2D eigenvalue weighted by atomic mass is 16.5. The molecule has 0 fully saturated rings. The summed E-state index contributed by atoms with van der Waals surface area (Å²) in [5, 5.41) is 0. The van der Waals surface area contributed by atoms with Crippen molar-refractivity contribution >= 4 is 0 Å². The van der Waals surface area contributed by atoms with Gasteiger partial charge < -0.3 is 10.5 Å². The highest BCUT2D eigenvalue weighted by Gasteiger charge is 2.23. The van der Waals surface area contributed by atoms with E-state index in [4.69, 9.17) is 10.5 Å². The predicted octanol–water partition coefficient (Wildman–Crippen LogP) is 1.99. The summed E-state index contributed by atoms with van der Waals surface area (Å²) in [7, 11) is 1.71. The minimum atomic E-state index is -0.363. The van der Waals surface area contributed by atoms with Crippen molar-refractivity contribution in [1.82, 2.24) is 4.90 Å². The van der Waals surface area contributed by atoms with E-state index < -0.39 is 0 Å². The molecular formula is C15H24N2O. The van der Waals surface area contributed by atoms with Gasteiger partial charge in [-0.05, 0) is 12.5 Å². The quantitative estimate of drug-likeness (QED) is 0.715. The molecule has 0 radical (unpaired) electrons. The minimum Gasteiger partial charge on any atom is -0.383 e. The van der Waals surface area contributed by atoms with Gasteiger partial charge in [0.2, 0.25) is 0 Å². The van der Waals surface area contributed by atoms with Gasteiger partial charge in [-0.3, -0.25) is 4.90 Å². The second-order valence-electron chi connectivity index (χ2n) is 4.80. The van der Waals surface area contributed by atoms with Gasteiger partial charge in [-0.15, -0.1) is 6.58 Å². The summed E-state index contributed by atoms with van der Waals surface area (Å²) in [5.74, 6) is 0. The van der Waals surface area contributed by atoms with Crippen LogP contribution in [0.5, 0.6) is 0 Å². The Morgan fingerprint density at radius 3 is 2.61 bits per heavy atom. The molecule has 1 aromatic carbocycles. The number of benzene rings is 1. The van der Waals surface area contributed by atoms with Crippen LogP contribution in [0.3, 0.4) is 0 Å². The molecule has 3 heteroatoms. The van der Waals surface area contributed by atoms with Gasteiger partial charge in [0, 0.05) is 26.7 Å². The van der Waals surface area contributed by atoms with Crippen LogP contribution in [0.1, 0.15) is 12.5 Å². The van der Waals surface area contributed by atoms with E-state index in [2.05, 4.69) is 30.5 Å². The van der Waals surface area contributed by atoms with Crippen molar-refractivity contribution in [3.05, 3.63) is 48.6 Å². The molecule has 0 saturated heterocycles. The summed E-state index contributed by atoms with van der Waals surface area (Å²) in [6, 6.07) is 10.2. The Balaban J connectivity index is 2.69. The Hall–Kier alpha value is -1.16. The fraction of sp³-hybridized carbons (Fsp3) is 0.467. The van der Waals surface area contributed by atoms with Gasteiger partial charge in [0.25, 0.3) is 0 Å². The van der Waals surface area contributed by atoms with Gasteiger partial charge in [-0.1, -0.05) is 36.4 Å². The molecule has 1 atom stereocenters. The Labute approximate surface area is 110 Å². The minimum absolute atomic E-state index is 0.363. The first-order valence-corrected chi connectivity index (χ1v) is 6.27. The van der Waals surface area contributed by atoms with Crippen LogP contribution in [0.25, 0.3) is 0 Å². The highest BCUT2D eigenvalue weighted by molar-refractivity contribution is 5.23. The first-order chi connectivity index (χ1) is 8.60. The topological polar surface area (TPSA) is 38.5 Å². The molecule has 0 amide bonds. The van der Waals surface area contributed by atoms with Gasteiger partial charge in [0.05, 0.1) is 12.1 Å². The summed E-state index contributed by atoms with van der Waals surface area (Å²) in [5.41, 5.74) is 7.21. The second kappa shape index (κ2) is 7.31. The summed E-state index contributed by atoms with van der Waals surface area (Å²) >= 11 is 0. The molecule has 1 aromatic rings. The number of nitrogens with two attached hydrogens (primary N) is 1. The van der Waals surface area contributed by atoms with E-state index in [0.717, 1.165) is 25.2 Å². The third-order valence-electron chi connectivity index (χ3n) is 2.98. The van der Waals surface area contributed by atoms with Crippen LogP contribution in [0.15, 0.2) is 43.0 Å². The molecule has 0 aliphatic rings. The van der Waals surface area contributed by atoms with E-state index in [9.17, 15) is 0 Å². The van der Waals surface area contributed by atoms with Gasteiger partial charge in [0.15, 0.2) is 0 Å². The van der Waals surface area contributed by atoms with E-state index in [-0.39, 0.29) is 5.54 Å². The van der Waals surface area contributed by atoms with E-state index in [1.54, 1.807) is 7.11 Å². The largest absolute Gasteiger partial charge is 0.383 e. The molecule has 100 valence electrons. The zero-order valence-corrected chi connectivity index (χ0v) is 11.4. The molecular weight excluding hydrogens is 224 g/mol. The van der Waals surface area contributed by atoms with E-state index >= 15 is 0 Å². The maximum absolute atomic E-state index is 6.42. The second-order valence-corrected chi connectivity index (χ2v) is 4.80. The number of hydrogen-bond acceptors (Lipinski definition) is 3. The van der Waals surface area contributed by atoms with Crippen molar-refractivity contribution in [1.29, 1.82) is 0 Å².